The highest BCUT2D eigenvalue weighted by atomic mass is 16.4. The van der Waals surface area contributed by atoms with E-state index in [0.717, 1.165) is 12.8 Å². The zero-order valence-corrected chi connectivity index (χ0v) is 13.0. The van der Waals surface area contributed by atoms with Crippen LogP contribution >= 0.6 is 0 Å². The van der Waals surface area contributed by atoms with Crippen molar-refractivity contribution in [2.45, 2.75) is 38.3 Å². The van der Waals surface area contributed by atoms with Gasteiger partial charge in [-0.1, -0.05) is 42.0 Å². The summed E-state index contributed by atoms with van der Waals surface area (Å²) in [5.74, 6) is 0.637. The highest BCUT2D eigenvalue weighted by Gasteiger charge is 2.39. The number of piperidine rings is 1. The van der Waals surface area contributed by atoms with E-state index < -0.39 is 6.09 Å². The summed E-state index contributed by atoms with van der Waals surface area (Å²) in [6.45, 7) is 3.53. The third-order valence-electron chi connectivity index (χ3n) is 4.78. The van der Waals surface area contributed by atoms with Gasteiger partial charge in [-0.25, -0.2) is 4.79 Å². The molecule has 1 aliphatic heterocycles. The molecule has 4 nitrogen and oxygen atoms in total. The quantitative estimate of drug-likeness (QED) is 0.897. The van der Waals surface area contributed by atoms with E-state index in [1.54, 1.807) is 0 Å². The third-order valence-corrected chi connectivity index (χ3v) is 4.78. The summed E-state index contributed by atoms with van der Waals surface area (Å²) in [6, 6.07) is 11.5. The molecule has 2 N–H and O–H groups in total. The Morgan fingerprint density at radius 2 is 1.95 bits per heavy atom. The van der Waals surface area contributed by atoms with Gasteiger partial charge in [-0.3, -0.25) is 0 Å². The number of hydrogen-bond donors (Lipinski definition) is 2. The molecule has 1 aliphatic carbocycles. The predicted molar refractivity (Wildman–Crippen MR) is 87.7 cm³/mol. The molecule has 118 valence electrons. The van der Waals surface area contributed by atoms with Crippen molar-refractivity contribution >= 4 is 12.2 Å². The van der Waals surface area contributed by atoms with Gasteiger partial charge < -0.3 is 15.3 Å². The van der Waals surface area contributed by atoms with Gasteiger partial charge in [-0.2, -0.15) is 0 Å². The molecule has 1 saturated heterocycles. The van der Waals surface area contributed by atoms with Crippen LogP contribution in [0.5, 0.6) is 0 Å². The first-order valence-corrected chi connectivity index (χ1v) is 8.10. The van der Waals surface area contributed by atoms with Gasteiger partial charge in [0.1, 0.15) is 0 Å². The lowest BCUT2D eigenvalue weighted by Gasteiger charge is -2.30. The number of likely N-dealkylation sites (tertiary alicyclic amines) is 1. The Morgan fingerprint density at radius 1 is 1.27 bits per heavy atom. The largest absolute Gasteiger partial charge is 0.465 e. The fourth-order valence-corrected chi connectivity index (χ4v) is 3.34. The van der Waals surface area contributed by atoms with Crippen LogP contribution in [0.2, 0.25) is 0 Å². The molecule has 1 heterocycles. The Hall–Kier alpha value is -1.81. The highest BCUT2D eigenvalue weighted by Crippen LogP contribution is 2.38. The first-order chi connectivity index (χ1) is 10.6. The molecule has 0 bridgehead atoms. The molecule has 0 aromatic heterocycles. The first kappa shape index (κ1) is 15.1. The van der Waals surface area contributed by atoms with Crippen molar-refractivity contribution in [1.82, 2.24) is 10.2 Å². The number of nitrogens with zero attached hydrogens (tertiary/aromatic N) is 1. The molecule has 3 rings (SSSR count). The Kier molecular flexibility index (Phi) is 4.48. The van der Waals surface area contributed by atoms with Gasteiger partial charge in [0.05, 0.1) is 0 Å². The zero-order valence-electron chi connectivity index (χ0n) is 13.0. The van der Waals surface area contributed by atoms with E-state index >= 15 is 0 Å². The second-order valence-electron chi connectivity index (χ2n) is 6.46. The van der Waals surface area contributed by atoms with Gasteiger partial charge in [-0.15, -0.1) is 0 Å². The monoisotopic (exact) mass is 300 g/mol. The topological polar surface area (TPSA) is 52.6 Å². The molecule has 2 aliphatic rings. The standard InChI is InChI=1S/C18H24N2O2/c1-13(11-14-5-3-2-4-6-14)16-12-17(16)19-15-7-9-20(10-8-15)18(21)22/h2-6,11,15-17,19H,7-10,12H2,1H3,(H,21,22). The van der Waals surface area contributed by atoms with E-state index in [0.29, 0.717) is 31.1 Å². The van der Waals surface area contributed by atoms with E-state index in [1.807, 2.05) is 6.07 Å². The number of carbonyl (C=O) groups is 1. The van der Waals surface area contributed by atoms with Crippen LogP contribution in [0, 0.1) is 5.92 Å². The van der Waals surface area contributed by atoms with E-state index in [-0.39, 0.29) is 0 Å². The van der Waals surface area contributed by atoms with Crippen molar-refractivity contribution in [2.24, 2.45) is 5.92 Å². The summed E-state index contributed by atoms with van der Waals surface area (Å²) < 4.78 is 0. The average Bonchev–Trinajstić information content (AvgIpc) is 3.28. The highest BCUT2D eigenvalue weighted by molar-refractivity contribution is 5.65. The van der Waals surface area contributed by atoms with Crippen LogP contribution in [0.1, 0.15) is 31.7 Å². The lowest BCUT2D eigenvalue weighted by Crippen LogP contribution is -2.45. The van der Waals surface area contributed by atoms with Crippen molar-refractivity contribution in [3.8, 4) is 0 Å². The molecular weight excluding hydrogens is 276 g/mol. The molecule has 1 aromatic rings. The van der Waals surface area contributed by atoms with Crippen LogP contribution in [-0.4, -0.2) is 41.3 Å². The number of amides is 1. The van der Waals surface area contributed by atoms with Crippen LogP contribution < -0.4 is 5.32 Å². The predicted octanol–water partition coefficient (Wildman–Crippen LogP) is 3.21. The average molecular weight is 300 g/mol. The summed E-state index contributed by atoms with van der Waals surface area (Å²) in [5, 5.41) is 12.7. The smallest absolute Gasteiger partial charge is 0.407 e. The maximum atomic E-state index is 10.9. The van der Waals surface area contributed by atoms with Crippen molar-refractivity contribution in [2.75, 3.05) is 13.1 Å². The zero-order chi connectivity index (χ0) is 15.5. The van der Waals surface area contributed by atoms with Crippen molar-refractivity contribution in [3.05, 3.63) is 41.5 Å². The van der Waals surface area contributed by atoms with Crippen molar-refractivity contribution in [1.29, 1.82) is 0 Å². The van der Waals surface area contributed by atoms with Gasteiger partial charge in [-0.05, 0) is 37.7 Å². The summed E-state index contributed by atoms with van der Waals surface area (Å²) in [5.41, 5.74) is 2.70. The molecule has 2 fully saturated rings. The third kappa shape index (κ3) is 3.69. The van der Waals surface area contributed by atoms with Gasteiger partial charge in [0.25, 0.3) is 0 Å². The second kappa shape index (κ2) is 6.53. The molecule has 1 aromatic carbocycles. The van der Waals surface area contributed by atoms with Crippen LogP contribution in [-0.2, 0) is 0 Å². The first-order valence-electron chi connectivity index (χ1n) is 8.10. The van der Waals surface area contributed by atoms with Crippen LogP contribution in [0.4, 0.5) is 4.79 Å². The number of carboxylic acid groups (broad SMARTS) is 1. The van der Waals surface area contributed by atoms with Crippen LogP contribution in [0.3, 0.4) is 0 Å². The van der Waals surface area contributed by atoms with E-state index in [2.05, 4.69) is 42.6 Å². The number of hydrogen-bond acceptors (Lipinski definition) is 2. The Balaban J connectivity index is 1.47. The fraction of sp³-hybridized carbons (Fsp3) is 0.500. The Labute approximate surface area is 131 Å². The number of rotatable bonds is 4. The fourth-order valence-electron chi connectivity index (χ4n) is 3.34. The van der Waals surface area contributed by atoms with Gasteiger partial charge >= 0.3 is 6.09 Å². The summed E-state index contributed by atoms with van der Waals surface area (Å²) >= 11 is 0. The van der Waals surface area contributed by atoms with Gasteiger partial charge in [0, 0.05) is 25.2 Å². The minimum Gasteiger partial charge on any atom is -0.465 e. The lowest BCUT2D eigenvalue weighted by atomic mass is 10.0. The molecule has 0 radical (unpaired) electrons. The molecule has 22 heavy (non-hydrogen) atoms. The molecule has 1 amide bonds. The van der Waals surface area contributed by atoms with Crippen LogP contribution in [0.25, 0.3) is 6.08 Å². The van der Waals surface area contributed by atoms with E-state index in [9.17, 15) is 4.79 Å². The minimum absolute atomic E-state index is 0.468. The van der Waals surface area contributed by atoms with Crippen molar-refractivity contribution in [3.63, 3.8) is 0 Å². The Bertz CT molecular complexity index is 547. The molecule has 0 spiro atoms. The normalized spacial score (nSPS) is 26.0. The summed E-state index contributed by atoms with van der Waals surface area (Å²) in [7, 11) is 0. The number of nitrogens with one attached hydrogen (secondary N) is 1. The van der Waals surface area contributed by atoms with Gasteiger partial charge in [0.2, 0.25) is 0 Å². The second-order valence-corrected chi connectivity index (χ2v) is 6.46. The maximum Gasteiger partial charge on any atom is 0.407 e. The van der Waals surface area contributed by atoms with Gasteiger partial charge in [0.15, 0.2) is 0 Å². The molecular formula is C18H24N2O2. The van der Waals surface area contributed by atoms with Crippen LogP contribution in [0.15, 0.2) is 35.9 Å². The Morgan fingerprint density at radius 3 is 2.59 bits per heavy atom. The SMILES string of the molecule is CC(=Cc1ccccc1)C1CC1NC1CCN(C(=O)O)CC1. The van der Waals surface area contributed by atoms with E-state index in [1.165, 1.54) is 22.5 Å². The maximum absolute atomic E-state index is 10.9. The lowest BCUT2D eigenvalue weighted by molar-refractivity contribution is 0.128. The van der Waals surface area contributed by atoms with Crippen molar-refractivity contribution < 1.29 is 9.90 Å². The summed E-state index contributed by atoms with van der Waals surface area (Å²) in [4.78, 5) is 12.4. The molecule has 1 saturated carbocycles. The van der Waals surface area contributed by atoms with E-state index in [4.69, 9.17) is 5.11 Å². The molecule has 4 heteroatoms. The minimum atomic E-state index is -0.788. The number of benzene rings is 1. The summed E-state index contributed by atoms with van der Waals surface area (Å²) in [6.07, 6.45) is 4.55. The molecule has 2 atom stereocenters. The molecule has 2 unspecified atom stereocenters.